The van der Waals surface area contributed by atoms with Gasteiger partial charge in [-0.25, -0.2) is 9.37 Å². The zero-order valence-corrected chi connectivity index (χ0v) is 19.3. The largest absolute Gasteiger partial charge is 0.370 e. The monoisotopic (exact) mass is 511 g/mol. The van der Waals surface area contributed by atoms with Gasteiger partial charge in [-0.1, -0.05) is 18.2 Å². The van der Waals surface area contributed by atoms with Crippen molar-refractivity contribution in [3.63, 3.8) is 0 Å². The van der Waals surface area contributed by atoms with E-state index in [9.17, 15) is 4.39 Å². The van der Waals surface area contributed by atoms with E-state index in [1.54, 1.807) is 18.3 Å². The molecule has 0 radical (unpaired) electrons. The Morgan fingerprint density at radius 1 is 1.10 bits per heavy atom. The lowest BCUT2D eigenvalue weighted by molar-refractivity contribution is 0.615. The summed E-state index contributed by atoms with van der Waals surface area (Å²) in [6.07, 6.45) is 6.02. The highest BCUT2D eigenvalue weighted by atomic mass is 127. The van der Waals surface area contributed by atoms with E-state index < -0.39 is 0 Å². The van der Waals surface area contributed by atoms with Crippen molar-refractivity contribution < 1.29 is 4.39 Å². The number of halogens is 2. The van der Waals surface area contributed by atoms with Crippen molar-refractivity contribution in [3.8, 4) is 0 Å². The third kappa shape index (κ3) is 7.45. The molecule has 3 N–H and O–H groups in total. The normalized spacial score (nSPS) is 14.6. The lowest BCUT2D eigenvalue weighted by Gasteiger charge is -2.16. The molecule has 0 spiro atoms. The number of nitrogens with zero attached hydrogens (tertiary/aromatic N) is 2. The molecule has 1 aliphatic carbocycles. The number of unbranched alkanes of at least 4 members (excludes halogenated alkanes) is 1. The standard InChI is InChI=1S/C22H30FN5.HI/c1-2-24-21(27-15-6-5-14-26-20-10-3-4-13-25-20)28-17-22(11-12-22)18-8-7-9-19(23)16-18;/h3-4,7-10,13,16H,2,5-6,11-12,14-15,17H2,1H3,(H,25,26)(H2,24,27,28);1H. The van der Waals surface area contributed by atoms with Crippen LogP contribution in [0.3, 0.4) is 0 Å². The van der Waals surface area contributed by atoms with E-state index in [0.717, 1.165) is 62.7 Å². The van der Waals surface area contributed by atoms with Gasteiger partial charge in [0, 0.05) is 31.2 Å². The first kappa shape index (κ1) is 23.4. The molecule has 0 atom stereocenters. The van der Waals surface area contributed by atoms with Gasteiger partial charge in [-0.05, 0) is 62.4 Å². The maximum Gasteiger partial charge on any atom is 0.191 e. The summed E-state index contributed by atoms with van der Waals surface area (Å²) in [5.74, 6) is 1.58. The maximum absolute atomic E-state index is 13.6. The predicted molar refractivity (Wildman–Crippen MR) is 129 cm³/mol. The van der Waals surface area contributed by atoms with Gasteiger partial charge in [-0.15, -0.1) is 24.0 Å². The quantitative estimate of drug-likeness (QED) is 0.193. The molecule has 0 amide bonds. The van der Waals surface area contributed by atoms with Crippen molar-refractivity contribution in [2.75, 3.05) is 31.5 Å². The molecule has 1 heterocycles. The Morgan fingerprint density at radius 2 is 1.93 bits per heavy atom. The number of pyridine rings is 1. The molecule has 1 saturated carbocycles. The second kappa shape index (κ2) is 11.9. The summed E-state index contributed by atoms with van der Waals surface area (Å²) in [6, 6.07) is 12.8. The van der Waals surface area contributed by atoms with Gasteiger partial charge in [0.15, 0.2) is 5.96 Å². The number of anilines is 1. The van der Waals surface area contributed by atoms with Crippen LogP contribution in [0.5, 0.6) is 0 Å². The molecule has 29 heavy (non-hydrogen) atoms. The number of hydrogen-bond donors (Lipinski definition) is 3. The van der Waals surface area contributed by atoms with E-state index in [0.29, 0.717) is 6.54 Å². The molecular weight excluding hydrogens is 480 g/mol. The summed E-state index contributed by atoms with van der Waals surface area (Å²) in [5.41, 5.74) is 1.07. The zero-order chi connectivity index (χ0) is 19.7. The smallest absolute Gasteiger partial charge is 0.191 e. The van der Waals surface area contributed by atoms with Gasteiger partial charge in [0.1, 0.15) is 11.6 Å². The summed E-state index contributed by atoms with van der Waals surface area (Å²) >= 11 is 0. The van der Waals surface area contributed by atoms with Crippen LogP contribution in [-0.4, -0.2) is 37.1 Å². The number of nitrogens with one attached hydrogen (secondary N) is 3. The Kier molecular flexibility index (Phi) is 9.63. The van der Waals surface area contributed by atoms with Crippen molar-refractivity contribution in [1.82, 2.24) is 15.6 Å². The minimum Gasteiger partial charge on any atom is -0.370 e. The van der Waals surface area contributed by atoms with Crippen molar-refractivity contribution in [3.05, 3.63) is 60.0 Å². The summed E-state index contributed by atoms with van der Waals surface area (Å²) in [7, 11) is 0. The summed E-state index contributed by atoms with van der Waals surface area (Å²) in [5, 5.41) is 10.0. The number of rotatable bonds is 10. The Bertz CT molecular complexity index is 765. The van der Waals surface area contributed by atoms with Gasteiger partial charge in [-0.2, -0.15) is 0 Å². The Balaban J connectivity index is 0.00000300. The van der Waals surface area contributed by atoms with Gasteiger partial charge >= 0.3 is 0 Å². The average Bonchev–Trinajstić information content (AvgIpc) is 3.51. The molecule has 1 aromatic carbocycles. The Morgan fingerprint density at radius 3 is 2.62 bits per heavy atom. The van der Waals surface area contributed by atoms with Crippen molar-refractivity contribution in [2.24, 2.45) is 4.99 Å². The molecule has 0 bridgehead atoms. The molecule has 5 nitrogen and oxygen atoms in total. The fourth-order valence-electron chi connectivity index (χ4n) is 3.22. The number of guanidine groups is 1. The van der Waals surface area contributed by atoms with Gasteiger partial charge < -0.3 is 16.0 Å². The highest BCUT2D eigenvalue weighted by Gasteiger charge is 2.44. The van der Waals surface area contributed by atoms with Crippen LogP contribution in [0.25, 0.3) is 0 Å². The Labute approximate surface area is 190 Å². The summed E-state index contributed by atoms with van der Waals surface area (Å²) in [6.45, 7) is 5.33. The van der Waals surface area contributed by atoms with Gasteiger partial charge in [-0.3, -0.25) is 4.99 Å². The van der Waals surface area contributed by atoms with Crippen LogP contribution in [0.2, 0.25) is 0 Å². The van der Waals surface area contributed by atoms with Crippen LogP contribution in [0.15, 0.2) is 53.7 Å². The first-order chi connectivity index (χ1) is 13.7. The van der Waals surface area contributed by atoms with Crippen LogP contribution in [0, 0.1) is 5.82 Å². The van der Waals surface area contributed by atoms with Crippen molar-refractivity contribution in [2.45, 2.75) is 38.0 Å². The molecule has 0 unspecified atom stereocenters. The summed E-state index contributed by atoms with van der Waals surface area (Å²) in [4.78, 5) is 9.02. The zero-order valence-electron chi connectivity index (χ0n) is 17.0. The molecule has 1 aromatic heterocycles. The van der Waals surface area contributed by atoms with E-state index in [4.69, 9.17) is 4.99 Å². The van der Waals surface area contributed by atoms with E-state index in [1.165, 1.54) is 6.07 Å². The molecular formula is C22H31FIN5. The number of hydrogen-bond acceptors (Lipinski definition) is 3. The van der Waals surface area contributed by atoms with Gasteiger partial charge in [0.2, 0.25) is 0 Å². The fourth-order valence-corrected chi connectivity index (χ4v) is 3.22. The molecule has 0 saturated heterocycles. The van der Waals surface area contributed by atoms with E-state index >= 15 is 0 Å². The first-order valence-corrected chi connectivity index (χ1v) is 10.1. The number of aromatic nitrogens is 1. The average molecular weight is 511 g/mol. The van der Waals surface area contributed by atoms with Gasteiger partial charge in [0.25, 0.3) is 0 Å². The fraction of sp³-hybridized carbons (Fsp3) is 0.455. The first-order valence-electron chi connectivity index (χ1n) is 10.1. The molecule has 0 aliphatic heterocycles. The van der Waals surface area contributed by atoms with Crippen LogP contribution in [-0.2, 0) is 5.41 Å². The maximum atomic E-state index is 13.6. The van der Waals surface area contributed by atoms with Crippen LogP contribution in [0.4, 0.5) is 10.2 Å². The number of aliphatic imine (C=N–C) groups is 1. The molecule has 1 fully saturated rings. The van der Waals surface area contributed by atoms with Crippen molar-refractivity contribution >= 4 is 35.8 Å². The number of benzene rings is 1. The highest BCUT2D eigenvalue weighted by Crippen LogP contribution is 2.48. The van der Waals surface area contributed by atoms with Crippen LogP contribution < -0.4 is 16.0 Å². The predicted octanol–water partition coefficient (Wildman–Crippen LogP) is 4.32. The van der Waals surface area contributed by atoms with Gasteiger partial charge in [0.05, 0.1) is 6.54 Å². The molecule has 1 aliphatic rings. The van der Waals surface area contributed by atoms with Crippen molar-refractivity contribution in [1.29, 1.82) is 0 Å². The summed E-state index contributed by atoms with van der Waals surface area (Å²) < 4.78 is 13.6. The Hall–Kier alpha value is -1.90. The molecule has 2 aromatic rings. The van der Waals surface area contributed by atoms with Crippen LogP contribution >= 0.6 is 24.0 Å². The van der Waals surface area contributed by atoms with Crippen LogP contribution in [0.1, 0.15) is 38.2 Å². The lowest BCUT2D eigenvalue weighted by atomic mass is 9.96. The molecule has 3 rings (SSSR count). The lowest BCUT2D eigenvalue weighted by Crippen LogP contribution is -2.38. The van der Waals surface area contributed by atoms with E-state index in [2.05, 4.69) is 27.9 Å². The third-order valence-electron chi connectivity index (χ3n) is 5.04. The van der Waals surface area contributed by atoms with E-state index in [1.807, 2.05) is 24.3 Å². The SMILES string of the molecule is CCNC(=NCC1(c2cccc(F)c2)CC1)NCCCCNc1ccccn1.I. The highest BCUT2D eigenvalue weighted by molar-refractivity contribution is 14.0. The second-order valence-corrected chi connectivity index (χ2v) is 7.26. The minimum absolute atomic E-state index is 0. The minimum atomic E-state index is -0.169. The van der Waals surface area contributed by atoms with E-state index in [-0.39, 0.29) is 35.2 Å². The third-order valence-corrected chi connectivity index (χ3v) is 5.04. The second-order valence-electron chi connectivity index (χ2n) is 7.26. The topological polar surface area (TPSA) is 61.3 Å². The molecule has 158 valence electrons. The molecule has 7 heteroatoms.